The Balaban J connectivity index is 2.43. The third-order valence-electron chi connectivity index (χ3n) is 3.65. The van der Waals surface area contributed by atoms with Gasteiger partial charge in [0.1, 0.15) is 10.6 Å². The van der Waals surface area contributed by atoms with Crippen molar-refractivity contribution >= 4 is 10.1 Å². The summed E-state index contributed by atoms with van der Waals surface area (Å²) in [7, 11) is -3.94. The second-order valence-corrected chi connectivity index (χ2v) is 7.32. The third kappa shape index (κ3) is 3.72. The van der Waals surface area contributed by atoms with Crippen LogP contribution in [0.4, 0.5) is 0 Å². The number of hydrogen-bond donors (Lipinski definition) is 0. The van der Waals surface area contributed by atoms with Gasteiger partial charge in [-0.25, -0.2) is 0 Å². The van der Waals surface area contributed by atoms with E-state index in [1.54, 1.807) is 19.9 Å². The summed E-state index contributed by atoms with van der Waals surface area (Å²) >= 11 is 0. The smallest absolute Gasteiger partial charge is 0.339 e. The van der Waals surface area contributed by atoms with Gasteiger partial charge < -0.3 is 4.18 Å². The van der Waals surface area contributed by atoms with E-state index in [1.807, 2.05) is 32.0 Å². The molecule has 0 atom stereocenters. The number of benzene rings is 2. The van der Waals surface area contributed by atoms with Gasteiger partial charge in [-0.1, -0.05) is 26.0 Å². The van der Waals surface area contributed by atoms with Gasteiger partial charge in [0.2, 0.25) is 0 Å². The van der Waals surface area contributed by atoms with Crippen LogP contribution in [0.25, 0.3) is 0 Å². The second-order valence-electron chi connectivity index (χ2n) is 5.81. The average molecular weight is 329 g/mol. The van der Waals surface area contributed by atoms with Crippen LogP contribution < -0.4 is 4.18 Å². The molecule has 0 saturated heterocycles. The molecule has 0 aliphatic heterocycles. The van der Waals surface area contributed by atoms with Crippen molar-refractivity contribution in [3.05, 3.63) is 58.7 Å². The molecule has 0 amide bonds. The van der Waals surface area contributed by atoms with Gasteiger partial charge in [0.25, 0.3) is 0 Å². The zero-order chi connectivity index (χ0) is 17.2. The van der Waals surface area contributed by atoms with Crippen LogP contribution in [0.2, 0.25) is 0 Å². The van der Waals surface area contributed by atoms with E-state index in [1.165, 1.54) is 18.2 Å². The van der Waals surface area contributed by atoms with Crippen molar-refractivity contribution in [2.75, 3.05) is 0 Å². The molecule has 0 heterocycles. The SMILES string of the molecule is Cc1ccc(C(C)C)cc1OS(=O)(=O)c1ccc(C#N)cc1C. The van der Waals surface area contributed by atoms with E-state index in [0.717, 1.165) is 11.1 Å². The monoisotopic (exact) mass is 329 g/mol. The molecule has 0 saturated carbocycles. The van der Waals surface area contributed by atoms with Gasteiger partial charge >= 0.3 is 10.1 Å². The van der Waals surface area contributed by atoms with Gasteiger partial charge in [-0.2, -0.15) is 13.7 Å². The Morgan fingerprint density at radius 3 is 2.30 bits per heavy atom. The fraction of sp³-hybridized carbons (Fsp3) is 0.278. The molecule has 0 spiro atoms. The maximum absolute atomic E-state index is 12.6. The van der Waals surface area contributed by atoms with Crippen LogP contribution in [0.3, 0.4) is 0 Å². The minimum absolute atomic E-state index is 0.0749. The maximum atomic E-state index is 12.6. The number of rotatable bonds is 4. The third-order valence-corrected chi connectivity index (χ3v) is 5.05. The highest BCUT2D eigenvalue weighted by Gasteiger charge is 2.21. The maximum Gasteiger partial charge on any atom is 0.339 e. The van der Waals surface area contributed by atoms with Crippen LogP contribution in [0.5, 0.6) is 5.75 Å². The molecule has 5 heteroatoms. The fourth-order valence-corrected chi connectivity index (χ4v) is 3.42. The van der Waals surface area contributed by atoms with E-state index in [9.17, 15) is 8.42 Å². The van der Waals surface area contributed by atoms with Crippen molar-refractivity contribution < 1.29 is 12.6 Å². The highest BCUT2D eigenvalue weighted by atomic mass is 32.2. The van der Waals surface area contributed by atoms with Crippen molar-refractivity contribution in [1.29, 1.82) is 5.26 Å². The van der Waals surface area contributed by atoms with Crippen molar-refractivity contribution in [2.24, 2.45) is 0 Å². The molecular weight excluding hydrogens is 310 g/mol. The lowest BCUT2D eigenvalue weighted by atomic mass is 10.0. The molecule has 2 aromatic carbocycles. The molecule has 120 valence electrons. The first-order valence-corrected chi connectivity index (χ1v) is 8.71. The molecule has 4 nitrogen and oxygen atoms in total. The molecular formula is C18H19NO3S. The Bertz CT molecular complexity index is 878. The largest absolute Gasteiger partial charge is 0.379 e. The minimum atomic E-state index is -3.94. The van der Waals surface area contributed by atoms with E-state index in [4.69, 9.17) is 9.44 Å². The van der Waals surface area contributed by atoms with E-state index in [0.29, 0.717) is 16.9 Å². The van der Waals surface area contributed by atoms with Gasteiger partial charge in [0.15, 0.2) is 0 Å². The summed E-state index contributed by atoms with van der Waals surface area (Å²) in [6, 6.07) is 12.0. The Hall–Kier alpha value is -2.32. The first-order valence-electron chi connectivity index (χ1n) is 7.30. The predicted octanol–water partition coefficient (Wildman–Crippen LogP) is 4.07. The summed E-state index contributed by atoms with van der Waals surface area (Å²) in [6.45, 7) is 7.52. The first kappa shape index (κ1) is 17.0. The van der Waals surface area contributed by atoms with Crippen LogP contribution in [-0.4, -0.2) is 8.42 Å². The molecule has 0 aromatic heterocycles. The average Bonchev–Trinajstić information content (AvgIpc) is 2.48. The number of nitriles is 1. The summed E-state index contributed by atoms with van der Waals surface area (Å²) in [6.07, 6.45) is 0. The molecule has 0 N–H and O–H groups in total. The number of nitrogens with zero attached hydrogens (tertiary/aromatic N) is 1. The Morgan fingerprint density at radius 2 is 1.74 bits per heavy atom. The molecule has 23 heavy (non-hydrogen) atoms. The van der Waals surface area contributed by atoms with Crippen LogP contribution in [0.15, 0.2) is 41.3 Å². The molecule has 0 aliphatic carbocycles. The highest BCUT2D eigenvalue weighted by molar-refractivity contribution is 7.87. The van der Waals surface area contributed by atoms with Gasteiger partial charge in [0, 0.05) is 0 Å². The van der Waals surface area contributed by atoms with Crippen LogP contribution in [0.1, 0.15) is 42.0 Å². The lowest BCUT2D eigenvalue weighted by Crippen LogP contribution is -2.12. The van der Waals surface area contributed by atoms with E-state index in [-0.39, 0.29) is 10.8 Å². The second kappa shape index (κ2) is 6.43. The molecule has 2 rings (SSSR count). The first-order chi connectivity index (χ1) is 10.7. The Kier molecular flexibility index (Phi) is 4.76. The van der Waals surface area contributed by atoms with Gasteiger partial charge in [-0.15, -0.1) is 0 Å². The number of aryl methyl sites for hydroxylation is 2. The standard InChI is InChI=1S/C18H19NO3S/c1-12(2)16-7-5-13(3)17(10-16)22-23(20,21)18-8-6-15(11-19)9-14(18)4/h5-10,12H,1-4H3. The Labute approximate surface area is 137 Å². The van der Waals surface area contributed by atoms with Crippen molar-refractivity contribution in [3.8, 4) is 11.8 Å². The van der Waals surface area contributed by atoms with Crippen molar-refractivity contribution in [1.82, 2.24) is 0 Å². The zero-order valence-electron chi connectivity index (χ0n) is 13.6. The van der Waals surface area contributed by atoms with E-state index in [2.05, 4.69) is 0 Å². The molecule has 0 bridgehead atoms. The highest BCUT2D eigenvalue weighted by Crippen LogP contribution is 2.28. The summed E-state index contributed by atoms with van der Waals surface area (Å²) in [4.78, 5) is 0.0749. The van der Waals surface area contributed by atoms with E-state index < -0.39 is 10.1 Å². The van der Waals surface area contributed by atoms with Gasteiger partial charge in [-0.3, -0.25) is 0 Å². The summed E-state index contributed by atoms with van der Waals surface area (Å²) in [5.74, 6) is 0.609. The van der Waals surface area contributed by atoms with Crippen LogP contribution >= 0.6 is 0 Å². The summed E-state index contributed by atoms with van der Waals surface area (Å²) in [5, 5.41) is 8.88. The molecule has 0 unspecified atom stereocenters. The molecule has 0 fully saturated rings. The lowest BCUT2D eigenvalue weighted by Gasteiger charge is -2.14. The topological polar surface area (TPSA) is 67.2 Å². The van der Waals surface area contributed by atoms with Gasteiger partial charge in [0.05, 0.1) is 11.6 Å². The lowest BCUT2D eigenvalue weighted by molar-refractivity contribution is 0.483. The molecule has 2 aromatic rings. The normalized spacial score (nSPS) is 11.3. The van der Waals surface area contributed by atoms with Gasteiger partial charge in [-0.05, 0) is 60.7 Å². The Morgan fingerprint density at radius 1 is 1.04 bits per heavy atom. The fourth-order valence-electron chi connectivity index (χ4n) is 2.23. The predicted molar refractivity (Wildman–Crippen MR) is 89.0 cm³/mol. The summed E-state index contributed by atoms with van der Waals surface area (Å²) < 4.78 is 30.5. The van der Waals surface area contributed by atoms with Crippen molar-refractivity contribution in [3.63, 3.8) is 0 Å². The zero-order valence-corrected chi connectivity index (χ0v) is 14.4. The molecule has 0 radical (unpaired) electrons. The molecule has 0 aliphatic rings. The van der Waals surface area contributed by atoms with E-state index >= 15 is 0 Å². The van der Waals surface area contributed by atoms with Crippen LogP contribution in [0, 0.1) is 25.2 Å². The van der Waals surface area contributed by atoms with Crippen LogP contribution in [-0.2, 0) is 10.1 Å². The quantitative estimate of drug-likeness (QED) is 0.793. The summed E-state index contributed by atoms with van der Waals surface area (Å²) in [5.41, 5.74) is 2.67. The minimum Gasteiger partial charge on any atom is -0.379 e. The van der Waals surface area contributed by atoms with Crippen molar-refractivity contribution in [2.45, 2.75) is 38.5 Å². The number of hydrogen-bond acceptors (Lipinski definition) is 4.